The average Bonchev–Trinajstić information content (AvgIpc) is 2.99. The summed E-state index contributed by atoms with van der Waals surface area (Å²) in [6.45, 7) is 25.8. The number of benzene rings is 1. The summed E-state index contributed by atoms with van der Waals surface area (Å²) in [5.41, 5.74) is 3.27. The summed E-state index contributed by atoms with van der Waals surface area (Å²) in [7, 11) is -4.53. The summed E-state index contributed by atoms with van der Waals surface area (Å²) in [5.74, 6) is 0.531. The smallest absolute Gasteiger partial charge is 0.331 e. The molecule has 0 aliphatic carbocycles. The van der Waals surface area contributed by atoms with Crippen LogP contribution in [0.3, 0.4) is 0 Å². The molecule has 0 bridgehead atoms. The van der Waals surface area contributed by atoms with Crippen molar-refractivity contribution in [3.63, 3.8) is 0 Å². The normalized spacial score (nSPS) is 13.1. The zero-order valence-corrected chi connectivity index (χ0v) is 31.4. The number of hydrogen-bond acceptors (Lipinski definition) is 11. The van der Waals surface area contributed by atoms with Crippen molar-refractivity contribution in [1.29, 1.82) is 0 Å². The van der Waals surface area contributed by atoms with Gasteiger partial charge in [-0.2, -0.15) is 0 Å². The van der Waals surface area contributed by atoms with Crippen LogP contribution < -0.4 is 4.74 Å². The minimum absolute atomic E-state index is 0.295. The Labute approximate surface area is 278 Å². The molecule has 0 aliphatic rings. The Morgan fingerprint density at radius 1 is 0.783 bits per heavy atom. The molecule has 13 heteroatoms. The maximum Gasteiger partial charge on any atom is 0.331 e. The number of hydrogen-bond donors (Lipinski definition) is 0. The lowest BCUT2D eigenvalue weighted by Crippen LogP contribution is -2.37. The van der Waals surface area contributed by atoms with Crippen molar-refractivity contribution in [3.8, 4) is 5.75 Å². The van der Waals surface area contributed by atoms with Gasteiger partial charge in [0.1, 0.15) is 19.0 Å². The van der Waals surface area contributed by atoms with Crippen molar-refractivity contribution in [3.05, 3.63) is 54.5 Å². The van der Waals surface area contributed by atoms with Crippen molar-refractivity contribution in [1.82, 2.24) is 0 Å². The number of rotatable bonds is 28. The molecule has 46 heavy (non-hydrogen) atoms. The topological polar surface area (TPSA) is 109 Å². The third kappa shape index (κ3) is 19.4. The Bertz CT molecular complexity index is 1020. The molecule has 0 fully saturated rings. The van der Waals surface area contributed by atoms with E-state index in [-0.39, 0.29) is 5.97 Å². The highest BCUT2D eigenvalue weighted by molar-refractivity contribution is 6.64. The number of carbonyl (C=O) groups excluding carboxylic acids is 1. The van der Waals surface area contributed by atoms with E-state index in [0.29, 0.717) is 65.7 Å². The van der Waals surface area contributed by atoms with Crippen molar-refractivity contribution < 1.29 is 50.9 Å². The van der Waals surface area contributed by atoms with Gasteiger partial charge in [-0.1, -0.05) is 32.2 Å². The van der Waals surface area contributed by atoms with Crippen molar-refractivity contribution in [2.75, 3.05) is 52.9 Å². The van der Waals surface area contributed by atoms with Crippen LogP contribution in [-0.4, -0.2) is 88.5 Å². The van der Waals surface area contributed by atoms with Gasteiger partial charge in [0, 0.05) is 6.42 Å². The molecule has 1 aromatic rings. The van der Waals surface area contributed by atoms with Gasteiger partial charge in [0.05, 0.1) is 52.2 Å². The Balaban J connectivity index is 2.39. The Hall–Kier alpha value is -2.24. The number of carbonyl (C=O) groups is 1. The SMILES string of the molecule is C=COCCO[Si](C)(C)OCCOC(C)OC(=O)CCCc1cc(C)c(OC(C)OCCO[Si](C)(C)OCCOC=C)c(CC)c1. The molecule has 0 radical (unpaired) electrons. The van der Waals surface area contributed by atoms with E-state index in [1.807, 2.05) is 40.0 Å². The van der Waals surface area contributed by atoms with Crippen LogP contribution in [0.4, 0.5) is 0 Å². The van der Waals surface area contributed by atoms with E-state index >= 15 is 0 Å². The van der Waals surface area contributed by atoms with Crippen molar-refractivity contribution in [2.24, 2.45) is 0 Å². The van der Waals surface area contributed by atoms with Gasteiger partial charge in [-0.25, -0.2) is 0 Å². The molecule has 0 spiro atoms. The summed E-state index contributed by atoms with van der Waals surface area (Å²) >= 11 is 0. The Morgan fingerprint density at radius 2 is 1.28 bits per heavy atom. The fourth-order valence-electron chi connectivity index (χ4n) is 4.34. The first-order valence-electron chi connectivity index (χ1n) is 16.0. The zero-order valence-electron chi connectivity index (χ0n) is 29.4. The second kappa shape index (κ2) is 23.1. The standard InChI is InChI=1S/C33H58O11Si2/c1-11-31-26-30(15-14-16-32(34)43-28(5)37-19-23-41-45(7,8)39-21-17-35-12-2)25-27(4)33(31)44-29(6)38-20-24-42-46(9,10)40-22-18-36-13-3/h12-13,25-26,28-29H,2-3,11,14-24H2,1,4-10H3. The highest BCUT2D eigenvalue weighted by Gasteiger charge is 2.25. The van der Waals surface area contributed by atoms with E-state index < -0.39 is 29.7 Å². The summed E-state index contributed by atoms with van der Waals surface area (Å²) in [5, 5.41) is 0. The third-order valence-electron chi connectivity index (χ3n) is 6.53. The molecule has 0 saturated carbocycles. The molecule has 0 N–H and O–H groups in total. The van der Waals surface area contributed by atoms with Gasteiger partial charge in [0.2, 0.25) is 0 Å². The van der Waals surface area contributed by atoms with Crippen molar-refractivity contribution in [2.45, 2.75) is 92.1 Å². The molecular formula is C33H58O11Si2. The first-order valence-corrected chi connectivity index (χ1v) is 21.7. The predicted molar refractivity (Wildman–Crippen MR) is 182 cm³/mol. The van der Waals surface area contributed by atoms with Crippen LogP contribution in [-0.2, 0) is 59.0 Å². The summed E-state index contributed by atoms with van der Waals surface area (Å²) in [6.07, 6.45) is 4.19. The lowest BCUT2D eigenvalue weighted by Gasteiger charge is -2.24. The highest BCUT2D eigenvalue weighted by atomic mass is 28.4. The predicted octanol–water partition coefficient (Wildman–Crippen LogP) is 6.32. The monoisotopic (exact) mass is 686 g/mol. The quantitative estimate of drug-likeness (QED) is 0.0325. The zero-order chi connectivity index (χ0) is 34.4. The molecule has 11 nitrogen and oxygen atoms in total. The van der Waals surface area contributed by atoms with Gasteiger partial charge in [0.25, 0.3) is 0 Å². The van der Waals surface area contributed by atoms with Crippen LogP contribution in [0.25, 0.3) is 0 Å². The van der Waals surface area contributed by atoms with Crippen LogP contribution in [0.15, 0.2) is 37.8 Å². The highest BCUT2D eigenvalue weighted by Crippen LogP contribution is 2.28. The van der Waals surface area contributed by atoms with Crippen LogP contribution in [0.1, 0.15) is 50.3 Å². The van der Waals surface area contributed by atoms with Crippen LogP contribution >= 0.6 is 0 Å². The maximum absolute atomic E-state index is 12.4. The molecule has 0 aliphatic heterocycles. The largest absolute Gasteiger partial charge is 0.499 e. The summed E-state index contributed by atoms with van der Waals surface area (Å²) < 4.78 is 56.5. The molecule has 0 amide bonds. The minimum atomic E-state index is -2.28. The number of aryl methyl sites for hydroxylation is 3. The molecule has 264 valence electrons. The summed E-state index contributed by atoms with van der Waals surface area (Å²) in [6, 6.07) is 4.24. The molecule has 2 atom stereocenters. The molecular weight excluding hydrogens is 629 g/mol. The van der Waals surface area contributed by atoms with E-state index in [1.54, 1.807) is 6.92 Å². The Morgan fingerprint density at radius 3 is 1.78 bits per heavy atom. The first kappa shape index (κ1) is 41.8. The molecule has 2 unspecified atom stereocenters. The molecule has 1 rings (SSSR count). The van der Waals surface area contributed by atoms with E-state index in [2.05, 4.69) is 32.2 Å². The van der Waals surface area contributed by atoms with Gasteiger partial charge < -0.3 is 46.1 Å². The number of esters is 1. The second-order valence-corrected chi connectivity index (χ2v) is 18.1. The average molecular weight is 687 g/mol. The van der Waals surface area contributed by atoms with Gasteiger partial charge >= 0.3 is 23.1 Å². The second-order valence-electron chi connectivity index (χ2n) is 11.4. The van der Waals surface area contributed by atoms with E-state index in [1.165, 1.54) is 12.5 Å². The molecule has 0 saturated heterocycles. The molecule has 1 aromatic carbocycles. The van der Waals surface area contributed by atoms with E-state index in [4.69, 9.17) is 46.1 Å². The van der Waals surface area contributed by atoms with Crippen LogP contribution in [0.2, 0.25) is 26.2 Å². The molecule has 0 heterocycles. The lowest BCUT2D eigenvalue weighted by molar-refractivity contribution is -0.176. The summed E-state index contributed by atoms with van der Waals surface area (Å²) in [4.78, 5) is 12.4. The minimum Gasteiger partial charge on any atom is -0.499 e. The number of ether oxygens (including phenoxy) is 6. The first-order chi connectivity index (χ1) is 21.8. The van der Waals surface area contributed by atoms with Gasteiger partial charge in [-0.15, -0.1) is 0 Å². The van der Waals surface area contributed by atoms with E-state index in [9.17, 15) is 4.79 Å². The Kier molecular flexibility index (Phi) is 21.0. The lowest BCUT2D eigenvalue weighted by atomic mass is 9.99. The fraction of sp³-hybridized carbons (Fsp3) is 0.667. The van der Waals surface area contributed by atoms with Crippen LogP contribution in [0, 0.1) is 6.92 Å². The van der Waals surface area contributed by atoms with Gasteiger partial charge in [-0.05, 0) is 82.9 Å². The van der Waals surface area contributed by atoms with Gasteiger partial charge in [-0.3, -0.25) is 4.79 Å². The van der Waals surface area contributed by atoms with Crippen molar-refractivity contribution >= 4 is 23.1 Å². The van der Waals surface area contributed by atoms with E-state index in [0.717, 1.165) is 35.3 Å². The molecule has 0 aromatic heterocycles. The maximum atomic E-state index is 12.4. The van der Waals surface area contributed by atoms with Crippen LogP contribution in [0.5, 0.6) is 5.75 Å². The third-order valence-corrected chi connectivity index (χ3v) is 10.1. The van der Waals surface area contributed by atoms with Gasteiger partial charge in [0.15, 0.2) is 12.6 Å². The fourth-order valence-corrected chi connectivity index (χ4v) is 6.81.